The van der Waals surface area contributed by atoms with Crippen LogP contribution in [0.4, 0.5) is 0 Å². The number of aryl methyl sites for hydroxylation is 1. The molecule has 1 aliphatic carbocycles. The maximum Gasteiger partial charge on any atom is 0.282 e. The maximum atomic E-state index is 12.5. The fourth-order valence-electron chi connectivity index (χ4n) is 3.15. The number of hydrogen-bond donors (Lipinski definition) is 2. The van der Waals surface area contributed by atoms with Crippen molar-refractivity contribution in [1.82, 2.24) is 5.43 Å². The molecule has 0 atom stereocenters. The van der Waals surface area contributed by atoms with E-state index >= 15 is 0 Å². The van der Waals surface area contributed by atoms with Gasteiger partial charge in [0.05, 0.1) is 13.3 Å². The quantitative estimate of drug-likeness (QED) is 0.326. The predicted octanol–water partition coefficient (Wildman–Crippen LogP) is 3.93. The second-order valence-corrected chi connectivity index (χ2v) is 7.16. The SMILES string of the molecule is COc1ccc2c(c1)CCC/C2=C(/C#N)C(=O)N/N=C/c1cc(Br)ccc1O. The number of rotatable bonds is 4. The van der Waals surface area contributed by atoms with Crippen LogP contribution in [0.5, 0.6) is 11.5 Å². The van der Waals surface area contributed by atoms with Crippen LogP contribution in [0.3, 0.4) is 0 Å². The largest absolute Gasteiger partial charge is 0.507 e. The normalized spacial score (nSPS) is 14.9. The third-order valence-electron chi connectivity index (χ3n) is 4.51. The number of carbonyl (C=O) groups is 1. The van der Waals surface area contributed by atoms with E-state index < -0.39 is 5.91 Å². The second kappa shape index (κ2) is 8.72. The number of phenols is 1. The molecule has 3 rings (SSSR count). The summed E-state index contributed by atoms with van der Waals surface area (Å²) in [5, 5.41) is 23.3. The second-order valence-electron chi connectivity index (χ2n) is 6.24. The van der Waals surface area contributed by atoms with Crippen LogP contribution in [0, 0.1) is 11.3 Å². The molecule has 0 fully saturated rings. The molecular weight excluding hydrogens is 422 g/mol. The van der Waals surface area contributed by atoms with E-state index in [1.807, 2.05) is 24.3 Å². The number of allylic oxidation sites excluding steroid dienone is 1. The summed E-state index contributed by atoms with van der Waals surface area (Å²) in [5.74, 6) is 0.212. The van der Waals surface area contributed by atoms with Gasteiger partial charge in [-0.2, -0.15) is 10.4 Å². The summed E-state index contributed by atoms with van der Waals surface area (Å²) in [6, 6.07) is 12.5. The Balaban J connectivity index is 1.86. The molecule has 1 amide bonds. The lowest BCUT2D eigenvalue weighted by Crippen LogP contribution is -2.21. The van der Waals surface area contributed by atoms with Crippen molar-refractivity contribution in [3.05, 3.63) is 63.1 Å². The number of benzene rings is 2. The molecule has 0 saturated heterocycles. The number of nitriles is 1. The molecule has 0 spiro atoms. The first-order chi connectivity index (χ1) is 13.5. The van der Waals surface area contributed by atoms with Crippen molar-refractivity contribution in [3.63, 3.8) is 0 Å². The molecule has 1 aliphatic rings. The van der Waals surface area contributed by atoms with E-state index in [1.54, 1.807) is 19.2 Å². The highest BCUT2D eigenvalue weighted by atomic mass is 79.9. The topological polar surface area (TPSA) is 94.7 Å². The molecule has 2 aromatic rings. The smallest absolute Gasteiger partial charge is 0.282 e. The van der Waals surface area contributed by atoms with Crippen molar-refractivity contribution in [2.45, 2.75) is 19.3 Å². The highest BCUT2D eigenvalue weighted by Gasteiger charge is 2.22. The average Bonchev–Trinajstić information content (AvgIpc) is 2.70. The van der Waals surface area contributed by atoms with Crippen molar-refractivity contribution >= 4 is 33.6 Å². The molecule has 0 unspecified atom stereocenters. The Kier molecular flexibility index (Phi) is 6.12. The Bertz CT molecular complexity index is 1020. The molecule has 0 aliphatic heterocycles. The minimum atomic E-state index is -0.577. The molecule has 0 bridgehead atoms. The van der Waals surface area contributed by atoms with Gasteiger partial charge >= 0.3 is 0 Å². The standard InChI is InChI=1S/C21H18BrN3O3/c1-28-16-6-7-17-13(10-16)3-2-4-18(17)19(11-23)21(27)25-24-12-14-9-15(22)5-8-20(14)26/h5-10,12,26H,2-4H2,1H3,(H,25,27)/b19-18+,24-12+. The Morgan fingerprint density at radius 2 is 2.14 bits per heavy atom. The van der Waals surface area contributed by atoms with Crippen LogP contribution in [0.25, 0.3) is 5.57 Å². The summed E-state index contributed by atoms with van der Waals surface area (Å²) in [5.41, 5.74) is 5.53. The van der Waals surface area contributed by atoms with Gasteiger partial charge < -0.3 is 9.84 Å². The van der Waals surface area contributed by atoms with Crippen LogP contribution in [-0.2, 0) is 11.2 Å². The fraction of sp³-hybridized carbons (Fsp3) is 0.190. The number of ether oxygens (including phenoxy) is 1. The van der Waals surface area contributed by atoms with Crippen molar-refractivity contribution in [2.75, 3.05) is 7.11 Å². The maximum absolute atomic E-state index is 12.5. The van der Waals surface area contributed by atoms with Crippen LogP contribution in [0.1, 0.15) is 29.5 Å². The summed E-state index contributed by atoms with van der Waals surface area (Å²) in [6.45, 7) is 0. The number of fused-ring (bicyclic) bond motifs is 1. The van der Waals surface area contributed by atoms with Gasteiger partial charge in [-0.1, -0.05) is 22.0 Å². The first kappa shape index (κ1) is 19.6. The van der Waals surface area contributed by atoms with Crippen LogP contribution >= 0.6 is 15.9 Å². The van der Waals surface area contributed by atoms with Gasteiger partial charge in [0.25, 0.3) is 5.91 Å². The number of aromatic hydroxyl groups is 1. The molecule has 6 nitrogen and oxygen atoms in total. The number of hydrazone groups is 1. The van der Waals surface area contributed by atoms with Gasteiger partial charge in [0, 0.05) is 10.0 Å². The minimum absolute atomic E-state index is 0.0372. The van der Waals surface area contributed by atoms with E-state index in [-0.39, 0.29) is 11.3 Å². The highest BCUT2D eigenvalue weighted by molar-refractivity contribution is 9.10. The molecule has 142 valence electrons. The van der Waals surface area contributed by atoms with Gasteiger partial charge in [0.15, 0.2) is 0 Å². The van der Waals surface area contributed by atoms with Crippen molar-refractivity contribution in [3.8, 4) is 17.6 Å². The summed E-state index contributed by atoms with van der Waals surface area (Å²) in [4.78, 5) is 12.5. The fourth-order valence-corrected chi connectivity index (χ4v) is 3.53. The van der Waals surface area contributed by atoms with Crippen molar-refractivity contribution in [2.24, 2.45) is 5.10 Å². The predicted molar refractivity (Wildman–Crippen MR) is 110 cm³/mol. The number of nitrogens with zero attached hydrogens (tertiary/aromatic N) is 2. The lowest BCUT2D eigenvalue weighted by molar-refractivity contribution is -0.117. The van der Waals surface area contributed by atoms with Crippen LogP contribution in [0.15, 0.2) is 51.5 Å². The molecule has 2 aromatic carbocycles. The van der Waals surface area contributed by atoms with E-state index in [1.165, 1.54) is 12.3 Å². The van der Waals surface area contributed by atoms with Crippen LogP contribution in [0.2, 0.25) is 0 Å². The van der Waals surface area contributed by atoms with E-state index in [0.717, 1.165) is 34.2 Å². The van der Waals surface area contributed by atoms with Crippen LogP contribution in [-0.4, -0.2) is 24.3 Å². The minimum Gasteiger partial charge on any atom is -0.507 e. The molecule has 2 N–H and O–H groups in total. The summed E-state index contributed by atoms with van der Waals surface area (Å²) in [7, 11) is 1.61. The lowest BCUT2D eigenvalue weighted by Gasteiger charge is -2.20. The number of hydrogen-bond acceptors (Lipinski definition) is 5. The van der Waals surface area contributed by atoms with E-state index in [2.05, 4.69) is 26.5 Å². The van der Waals surface area contributed by atoms with Gasteiger partial charge in [-0.05, 0) is 66.3 Å². The highest BCUT2D eigenvalue weighted by Crippen LogP contribution is 2.35. The Labute approximate surface area is 171 Å². The molecule has 28 heavy (non-hydrogen) atoms. The van der Waals surface area contributed by atoms with Crippen LogP contribution < -0.4 is 10.2 Å². The Morgan fingerprint density at radius 1 is 1.32 bits per heavy atom. The Hall–Kier alpha value is -3.11. The van der Waals surface area contributed by atoms with Gasteiger partial charge in [0.2, 0.25) is 0 Å². The summed E-state index contributed by atoms with van der Waals surface area (Å²) < 4.78 is 6.03. The molecule has 0 saturated carbocycles. The Morgan fingerprint density at radius 3 is 2.89 bits per heavy atom. The molecule has 0 radical (unpaired) electrons. The lowest BCUT2D eigenvalue weighted by atomic mass is 9.84. The van der Waals surface area contributed by atoms with Crippen molar-refractivity contribution < 1.29 is 14.6 Å². The van der Waals surface area contributed by atoms with Gasteiger partial charge in [-0.3, -0.25) is 4.79 Å². The first-order valence-corrected chi connectivity index (χ1v) is 9.45. The van der Waals surface area contributed by atoms with Gasteiger partial charge in [-0.25, -0.2) is 5.43 Å². The zero-order valence-corrected chi connectivity index (χ0v) is 16.8. The van der Waals surface area contributed by atoms with E-state index in [9.17, 15) is 15.2 Å². The molecule has 0 heterocycles. The number of nitrogens with one attached hydrogen (secondary N) is 1. The third kappa shape index (κ3) is 4.24. The number of methoxy groups -OCH3 is 1. The zero-order chi connectivity index (χ0) is 20.1. The number of phenolic OH excluding ortho intramolecular Hbond substituents is 1. The number of amides is 1. The summed E-state index contributed by atoms with van der Waals surface area (Å²) >= 11 is 3.31. The number of halogens is 1. The zero-order valence-electron chi connectivity index (χ0n) is 15.2. The molecule has 7 heteroatoms. The van der Waals surface area contributed by atoms with Crippen molar-refractivity contribution in [1.29, 1.82) is 5.26 Å². The molecular formula is C21H18BrN3O3. The monoisotopic (exact) mass is 439 g/mol. The summed E-state index contributed by atoms with van der Waals surface area (Å²) in [6.07, 6.45) is 3.70. The first-order valence-electron chi connectivity index (χ1n) is 8.66. The molecule has 0 aromatic heterocycles. The van der Waals surface area contributed by atoms with Gasteiger partial charge in [0.1, 0.15) is 23.1 Å². The average molecular weight is 440 g/mol. The third-order valence-corrected chi connectivity index (χ3v) is 5.00. The van der Waals surface area contributed by atoms with E-state index in [0.29, 0.717) is 17.6 Å². The van der Waals surface area contributed by atoms with Gasteiger partial charge in [-0.15, -0.1) is 0 Å². The van der Waals surface area contributed by atoms with E-state index in [4.69, 9.17) is 4.74 Å². The number of carbonyl (C=O) groups excluding carboxylic acids is 1.